The van der Waals surface area contributed by atoms with E-state index in [2.05, 4.69) is 17.1 Å². The molecule has 0 bridgehead atoms. The molecule has 0 aromatic carbocycles. The van der Waals surface area contributed by atoms with Gasteiger partial charge in [-0.25, -0.2) is 0 Å². The Morgan fingerprint density at radius 2 is 1.90 bits per heavy atom. The molecule has 2 fully saturated rings. The Hall–Kier alpha value is -0.200. The van der Waals surface area contributed by atoms with E-state index in [-0.39, 0.29) is 24.4 Å². The van der Waals surface area contributed by atoms with Crippen LogP contribution in [0.4, 0.5) is 0 Å². The van der Waals surface area contributed by atoms with Gasteiger partial charge in [0, 0.05) is 38.9 Å². The van der Waals surface area contributed by atoms with Crippen LogP contribution in [0.5, 0.6) is 0 Å². The van der Waals surface area contributed by atoms with Crippen LogP contribution < -0.4 is 5.32 Å². The van der Waals surface area contributed by atoms with Crippen molar-refractivity contribution in [3.63, 3.8) is 0 Å². The zero-order valence-electron chi connectivity index (χ0n) is 13.1. The molecule has 0 amide bonds. The summed E-state index contributed by atoms with van der Waals surface area (Å²) in [5.74, 6) is 0. The summed E-state index contributed by atoms with van der Waals surface area (Å²) in [6.45, 7) is 5.13. The van der Waals surface area contributed by atoms with Gasteiger partial charge in [-0.05, 0) is 32.2 Å². The fraction of sp³-hybridized carbons (Fsp3) is 1.00. The Bertz CT molecular complexity index is 287. The van der Waals surface area contributed by atoms with Crippen LogP contribution in [0.2, 0.25) is 0 Å². The molecule has 2 N–H and O–H groups in total. The van der Waals surface area contributed by atoms with Gasteiger partial charge in [0.15, 0.2) is 0 Å². The third-order valence-corrected chi connectivity index (χ3v) is 5.04. The summed E-state index contributed by atoms with van der Waals surface area (Å²) in [5, 5.41) is 13.3. The van der Waals surface area contributed by atoms with E-state index in [1.54, 1.807) is 14.2 Å². The van der Waals surface area contributed by atoms with Gasteiger partial charge in [-0.15, -0.1) is 0 Å². The molecule has 20 heavy (non-hydrogen) atoms. The summed E-state index contributed by atoms with van der Waals surface area (Å²) < 4.78 is 11.1. The van der Waals surface area contributed by atoms with E-state index >= 15 is 0 Å². The molecule has 1 aliphatic carbocycles. The van der Waals surface area contributed by atoms with Crippen molar-refractivity contribution in [2.45, 2.75) is 56.4 Å². The number of nitrogens with one attached hydrogen (secondary N) is 1. The summed E-state index contributed by atoms with van der Waals surface area (Å²) in [7, 11) is 3.52. The molecule has 0 aromatic rings. The minimum absolute atomic E-state index is 0.0919. The van der Waals surface area contributed by atoms with E-state index in [1.165, 1.54) is 12.8 Å². The van der Waals surface area contributed by atoms with Crippen LogP contribution in [-0.2, 0) is 9.47 Å². The number of aliphatic hydroxyl groups is 1. The van der Waals surface area contributed by atoms with Gasteiger partial charge < -0.3 is 19.9 Å². The van der Waals surface area contributed by atoms with E-state index in [9.17, 15) is 5.11 Å². The lowest BCUT2D eigenvalue weighted by atomic mass is 9.79. The van der Waals surface area contributed by atoms with Gasteiger partial charge in [-0.1, -0.05) is 6.92 Å². The van der Waals surface area contributed by atoms with Crippen molar-refractivity contribution in [1.29, 1.82) is 0 Å². The number of ether oxygens (including phenoxy) is 2. The first kappa shape index (κ1) is 16.2. The molecule has 118 valence electrons. The van der Waals surface area contributed by atoms with Crippen LogP contribution >= 0.6 is 0 Å². The standard InChI is InChI=1S/C15H30N2O3/c1-4-16-15(11-18)7-5-6-12(8-15)17-9-13(19-2)14(10-17)20-3/h12-14,16,18H,4-11H2,1-3H3. The second kappa shape index (κ2) is 7.18. The van der Waals surface area contributed by atoms with E-state index in [1.807, 2.05) is 0 Å². The van der Waals surface area contributed by atoms with Crippen LogP contribution in [0.3, 0.4) is 0 Å². The largest absolute Gasteiger partial charge is 0.394 e. The van der Waals surface area contributed by atoms with Gasteiger partial charge in [0.2, 0.25) is 0 Å². The summed E-state index contributed by atoms with van der Waals surface area (Å²) in [6, 6.07) is 0.521. The van der Waals surface area contributed by atoms with Crippen molar-refractivity contribution in [3.05, 3.63) is 0 Å². The Balaban J connectivity index is 1.99. The first-order valence-corrected chi connectivity index (χ1v) is 7.83. The number of methoxy groups -OCH3 is 2. The zero-order valence-corrected chi connectivity index (χ0v) is 13.1. The normalized spacial score (nSPS) is 39.3. The number of nitrogens with zero attached hydrogens (tertiary/aromatic N) is 1. The number of hydrogen-bond acceptors (Lipinski definition) is 5. The highest BCUT2D eigenvalue weighted by atomic mass is 16.5. The highest BCUT2D eigenvalue weighted by Gasteiger charge is 2.42. The van der Waals surface area contributed by atoms with Gasteiger partial charge in [0.05, 0.1) is 18.8 Å². The number of aliphatic hydroxyl groups excluding tert-OH is 1. The number of rotatable bonds is 6. The fourth-order valence-corrected chi connectivity index (χ4v) is 3.90. The number of hydrogen-bond donors (Lipinski definition) is 2. The average molecular weight is 286 g/mol. The van der Waals surface area contributed by atoms with Gasteiger partial charge in [-0.2, -0.15) is 0 Å². The molecule has 0 aromatic heterocycles. The molecule has 5 nitrogen and oxygen atoms in total. The quantitative estimate of drug-likeness (QED) is 0.749. The summed E-state index contributed by atoms with van der Waals surface area (Å²) in [5.41, 5.74) is -0.0919. The van der Waals surface area contributed by atoms with Crippen LogP contribution in [0.1, 0.15) is 32.6 Å². The van der Waals surface area contributed by atoms with Crippen LogP contribution in [0.15, 0.2) is 0 Å². The monoisotopic (exact) mass is 286 g/mol. The molecule has 0 radical (unpaired) electrons. The van der Waals surface area contributed by atoms with Crippen molar-refractivity contribution in [2.75, 3.05) is 40.5 Å². The highest BCUT2D eigenvalue weighted by molar-refractivity contribution is 4.99. The van der Waals surface area contributed by atoms with Crippen molar-refractivity contribution >= 4 is 0 Å². The van der Waals surface area contributed by atoms with Gasteiger partial charge in [0.1, 0.15) is 0 Å². The number of likely N-dealkylation sites (N-methyl/N-ethyl adjacent to an activating group) is 1. The molecule has 1 aliphatic heterocycles. The Labute approximate surface area is 122 Å². The summed E-state index contributed by atoms with van der Waals surface area (Å²) >= 11 is 0. The van der Waals surface area contributed by atoms with Crippen LogP contribution in [0.25, 0.3) is 0 Å². The topological polar surface area (TPSA) is 54.0 Å². The van der Waals surface area contributed by atoms with E-state index in [0.29, 0.717) is 6.04 Å². The lowest BCUT2D eigenvalue weighted by molar-refractivity contribution is -0.00461. The molecule has 2 aliphatic rings. The third-order valence-electron chi connectivity index (χ3n) is 5.04. The second-order valence-corrected chi connectivity index (χ2v) is 6.22. The van der Waals surface area contributed by atoms with Gasteiger partial charge in [0.25, 0.3) is 0 Å². The Kier molecular flexibility index (Phi) is 5.81. The molecule has 0 spiro atoms. The third kappa shape index (κ3) is 3.34. The summed E-state index contributed by atoms with van der Waals surface area (Å²) in [6.07, 6.45) is 4.81. The minimum Gasteiger partial charge on any atom is -0.394 e. The number of likely N-dealkylation sites (tertiary alicyclic amines) is 1. The molecule has 5 heteroatoms. The second-order valence-electron chi connectivity index (χ2n) is 6.22. The minimum atomic E-state index is -0.0919. The molecule has 4 atom stereocenters. The van der Waals surface area contributed by atoms with E-state index in [4.69, 9.17) is 9.47 Å². The maximum Gasteiger partial charge on any atom is 0.0971 e. The Morgan fingerprint density at radius 1 is 1.25 bits per heavy atom. The smallest absolute Gasteiger partial charge is 0.0971 e. The molecule has 1 heterocycles. The molecule has 1 saturated heterocycles. The fourth-order valence-electron chi connectivity index (χ4n) is 3.90. The van der Waals surface area contributed by atoms with Gasteiger partial charge in [-0.3, -0.25) is 4.90 Å². The van der Waals surface area contributed by atoms with Crippen LogP contribution in [-0.4, -0.2) is 74.3 Å². The summed E-state index contributed by atoms with van der Waals surface area (Å²) in [4.78, 5) is 2.49. The van der Waals surface area contributed by atoms with Gasteiger partial charge >= 0.3 is 0 Å². The Morgan fingerprint density at radius 3 is 2.40 bits per heavy atom. The molecular weight excluding hydrogens is 256 g/mol. The molecular formula is C15H30N2O3. The maximum absolute atomic E-state index is 9.80. The van der Waals surface area contributed by atoms with Crippen molar-refractivity contribution in [2.24, 2.45) is 0 Å². The zero-order chi connectivity index (χ0) is 14.6. The predicted octanol–water partition coefficient (Wildman–Crippen LogP) is 0.615. The molecule has 2 rings (SSSR count). The van der Waals surface area contributed by atoms with Crippen molar-refractivity contribution < 1.29 is 14.6 Å². The predicted molar refractivity (Wildman–Crippen MR) is 78.9 cm³/mol. The van der Waals surface area contributed by atoms with Crippen LogP contribution in [0, 0.1) is 0 Å². The average Bonchev–Trinajstić information content (AvgIpc) is 2.91. The SMILES string of the molecule is CCNC1(CO)CCCC(N2CC(OC)C(OC)C2)C1. The van der Waals surface area contributed by atoms with E-state index < -0.39 is 0 Å². The molecule has 4 unspecified atom stereocenters. The first-order chi connectivity index (χ1) is 9.68. The highest BCUT2D eigenvalue weighted by Crippen LogP contribution is 2.33. The van der Waals surface area contributed by atoms with E-state index in [0.717, 1.165) is 32.5 Å². The lowest BCUT2D eigenvalue weighted by Gasteiger charge is -2.43. The van der Waals surface area contributed by atoms with Crippen molar-refractivity contribution in [3.8, 4) is 0 Å². The van der Waals surface area contributed by atoms with Crippen molar-refractivity contribution in [1.82, 2.24) is 10.2 Å². The molecule has 1 saturated carbocycles. The first-order valence-electron chi connectivity index (χ1n) is 7.83. The maximum atomic E-state index is 9.80. The lowest BCUT2D eigenvalue weighted by Crippen LogP contribution is -2.55.